The first-order valence-electron chi connectivity index (χ1n) is 14.5. The zero-order chi connectivity index (χ0) is 29.5. The Kier molecular flexibility index (Phi) is 6.46. The fourth-order valence-corrected chi connectivity index (χ4v) is 8.27. The summed E-state index contributed by atoms with van der Waals surface area (Å²) in [5, 5.41) is 24.1. The Morgan fingerprint density at radius 2 is 1.73 bits per heavy atom. The van der Waals surface area contributed by atoms with Crippen LogP contribution in [0, 0.1) is 17.8 Å². The van der Waals surface area contributed by atoms with Gasteiger partial charge in [-0.15, -0.1) is 0 Å². The zero-order valence-electron chi connectivity index (χ0n) is 25.2. The number of aliphatic hydroxyl groups excluding tert-OH is 1. The summed E-state index contributed by atoms with van der Waals surface area (Å²) in [7, 11) is 0. The van der Waals surface area contributed by atoms with E-state index < -0.39 is 22.2 Å². The Hall–Kier alpha value is -3.24. The van der Waals surface area contributed by atoms with Gasteiger partial charge in [0.25, 0.3) is 0 Å². The number of carbonyl (C=O) groups excluding carboxylic acids is 2. The molecule has 0 aromatic heterocycles. The van der Waals surface area contributed by atoms with Crippen LogP contribution in [-0.4, -0.2) is 27.4 Å². The number of hydrogen-bond acceptors (Lipinski definition) is 4. The summed E-state index contributed by atoms with van der Waals surface area (Å²) in [5.74, 6) is -1.14. The van der Waals surface area contributed by atoms with Crippen LogP contribution < -0.4 is 0 Å². The summed E-state index contributed by atoms with van der Waals surface area (Å²) in [4.78, 5) is 26.3. The lowest BCUT2D eigenvalue weighted by Gasteiger charge is -2.57. The van der Waals surface area contributed by atoms with Gasteiger partial charge in [0.1, 0.15) is 5.76 Å². The molecule has 210 valence electrons. The highest BCUT2D eigenvalue weighted by Gasteiger charge is 2.66. The van der Waals surface area contributed by atoms with E-state index in [1.165, 1.54) is 23.6 Å². The molecule has 2 N–H and O–H groups in total. The molecule has 3 atom stereocenters. The van der Waals surface area contributed by atoms with Crippen LogP contribution >= 0.6 is 0 Å². The molecule has 0 fully saturated rings. The maximum atomic E-state index is 13.8. The van der Waals surface area contributed by atoms with Gasteiger partial charge in [-0.05, 0) is 96.9 Å². The maximum Gasteiger partial charge on any atom is 0.206 e. The number of hydrogen-bond donors (Lipinski definition) is 2. The summed E-state index contributed by atoms with van der Waals surface area (Å²) < 4.78 is 0. The van der Waals surface area contributed by atoms with Gasteiger partial charge in [-0.1, -0.05) is 77.1 Å². The smallest absolute Gasteiger partial charge is 0.206 e. The molecule has 0 unspecified atom stereocenters. The van der Waals surface area contributed by atoms with Gasteiger partial charge in [-0.2, -0.15) is 0 Å². The van der Waals surface area contributed by atoms with Gasteiger partial charge in [0.15, 0.2) is 11.4 Å². The predicted molar refractivity (Wildman–Crippen MR) is 161 cm³/mol. The third-order valence-corrected chi connectivity index (χ3v) is 10.0. The lowest BCUT2D eigenvalue weighted by Crippen LogP contribution is -2.63. The highest BCUT2D eigenvalue weighted by Crippen LogP contribution is 2.64. The first kappa shape index (κ1) is 28.3. The summed E-state index contributed by atoms with van der Waals surface area (Å²) in [6, 6.07) is 11.0. The van der Waals surface area contributed by atoms with E-state index in [1.54, 1.807) is 6.92 Å². The predicted octanol–water partition coefficient (Wildman–Crippen LogP) is 7.75. The van der Waals surface area contributed by atoms with Crippen molar-refractivity contribution in [3.05, 3.63) is 87.2 Å². The molecular formula is C36H42O4. The van der Waals surface area contributed by atoms with E-state index in [1.807, 2.05) is 6.92 Å². The topological polar surface area (TPSA) is 74.6 Å². The molecule has 5 rings (SSSR count). The largest absolute Gasteiger partial charge is 0.508 e. The van der Waals surface area contributed by atoms with E-state index in [2.05, 4.69) is 71.5 Å². The van der Waals surface area contributed by atoms with Gasteiger partial charge in [-0.3, -0.25) is 9.59 Å². The summed E-state index contributed by atoms with van der Waals surface area (Å²) in [6.45, 7) is 20.3. The highest BCUT2D eigenvalue weighted by atomic mass is 16.3. The van der Waals surface area contributed by atoms with Crippen molar-refractivity contribution in [1.29, 1.82) is 0 Å². The summed E-state index contributed by atoms with van der Waals surface area (Å²) in [5.41, 5.74) is 6.32. The van der Waals surface area contributed by atoms with Crippen molar-refractivity contribution >= 4 is 17.1 Å². The Balaban J connectivity index is 1.78. The van der Waals surface area contributed by atoms with Crippen molar-refractivity contribution < 1.29 is 19.8 Å². The van der Waals surface area contributed by atoms with Crippen LogP contribution in [0.25, 0.3) is 16.7 Å². The number of Topliss-reactive ketones (excluding diaryl/α,β-unsaturated/α-hetero) is 2. The maximum absolute atomic E-state index is 13.8. The number of benzene rings is 2. The summed E-state index contributed by atoms with van der Waals surface area (Å²) >= 11 is 0. The standard InChI is InChI=1S/C36H42O4/c1-10-24-11-13-25(14-12-24)27-15-26(19(2)3)28-17-34(8)18-35(9)16-20(4)29(23(7)37)32(38)36(35,40)33(39)31(34)22(6)30(28)21(27)5/h11-15,19,39-40H,6,10,16-18H2,1-5,7-9H3/t34-,35+,36+/m1/s1. The van der Waals surface area contributed by atoms with Gasteiger partial charge in [-0.25, -0.2) is 0 Å². The van der Waals surface area contributed by atoms with Crippen LogP contribution in [0.5, 0.6) is 0 Å². The monoisotopic (exact) mass is 538 g/mol. The number of aryl methyl sites for hydroxylation is 1. The average molecular weight is 539 g/mol. The minimum absolute atomic E-state index is 0.00800. The second-order valence-electron chi connectivity index (χ2n) is 13.3. The number of ketones is 2. The molecule has 3 aliphatic rings. The van der Waals surface area contributed by atoms with Crippen molar-refractivity contribution in [2.75, 3.05) is 0 Å². The van der Waals surface area contributed by atoms with Crippen molar-refractivity contribution in [3.63, 3.8) is 0 Å². The lowest BCUT2D eigenvalue weighted by atomic mass is 9.47. The average Bonchev–Trinajstić information content (AvgIpc) is 2.85. The molecule has 0 saturated carbocycles. The van der Waals surface area contributed by atoms with E-state index in [4.69, 9.17) is 0 Å². The van der Waals surface area contributed by atoms with Gasteiger partial charge < -0.3 is 10.2 Å². The minimum atomic E-state index is -2.18. The second kappa shape index (κ2) is 9.14. The molecular weight excluding hydrogens is 496 g/mol. The highest BCUT2D eigenvalue weighted by molar-refractivity contribution is 6.24. The second-order valence-corrected chi connectivity index (χ2v) is 13.3. The van der Waals surface area contributed by atoms with Crippen LogP contribution in [0.1, 0.15) is 95.0 Å². The van der Waals surface area contributed by atoms with E-state index in [9.17, 15) is 19.8 Å². The number of fused-ring (bicyclic) bond motifs is 3. The molecule has 4 heteroatoms. The van der Waals surface area contributed by atoms with Gasteiger partial charge in [0, 0.05) is 16.4 Å². The normalized spacial score (nSPS) is 28.1. The third-order valence-electron chi connectivity index (χ3n) is 10.0. The van der Waals surface area contributed by atoms with Gasteiger partial charge in [0.2, 0.25) is 5.78 Å². The van der Waals surface area contributed by atoms with Gasteiger partial charge >= 0.3 is 0 Å². The molecule has 0 aliphatic heterocycles. The molecule has 0 saturated heterocycles. The van der Waals surface area contributed by atoms with Gasteiger partial charge in [0.05, 0.1) is 5.57 Å². The molecule has 40 heavy (non-hydrogen) atoms. The van der Waals surface area contributed by atoms with E-state index in [0.717, 1.165) is 28.7 Å². The van der Waals surface area contributed by atoms with E-state index in [0.29, 0.717) is 36.0 Å². The Morgan fingerprint density at radius 1 is 1.10 bits per heavy atom. The quantitative estimate of drug-likeness (QED) is 0.390. The molecule has 4 nitrogen and oxygen atoms in total. The Bertz CT molecular complexity index is 1550. The lowest BCUT2D eigenvalue weighted by molar-refractivity contribution is -0.157. The molecule has 2 aromatic rings. The van der Waals surface area contributed by atoms with Crippen molar-refractivity contribution in [2.45, 2.75) is 92.6 Å². The molecule has 0 heterocycles. The molecule has 0 radical (unpaired) electrons. The number of allylic oxidation sites excluding steroid dienone is 3. The molecule has 0 amide bonds. The molecule has 0 bridgehead atoms. The van der Waals surface area contributed by atoms with Crippen molar-refractivity contribution in [2.24, 2.45) is 10.8 Å². The molecule has 3 aliphatic carbocycles. The minimum Gasteiger partial charge on any atom is -0.508 e. The first-order chi connectivity index (χ1) is 18.6. The van der Waals surface area contributed by atoms with Crippen molar-refractivity contribution in [3.8, 4) is 11.1 Å². The fraction of sp³-hybridized carbons (Fsp3) is 0.444. The van der Waals surface area contributed by atoms with E-state index >= 15 is 0 Å². The van der Waals surface area contributed by atoms with Crippen molar-refractivity contribution in [1.82, 2.24) is 0 Å². The third kappa shape index (κ3) is 3.68. The SMILES string of the molecule is C=C1C2=C(O)[C@@]3(O)C(=O)C(C(C)=O)=C(C)C[C@@]3(C)C[C@@]2(C)Cc2c(C(C)C)cc(-c3ccc(CC)cc3)c(C)c21. The first-order valence-corrected chi connectivity index (χ1v) is 14.5. The fourth-order valence-electron chi connectivity index (χ4n) is 8.27. The Morgan fingerprint density at radius 3 is 2.27 bits per heavy atom. The van der Waals surface area contributed by atoms with Crippen LogP contribution in [0.3, 0.4) is 0 Å². The number of rotatable bonds is 4. The Labute approximate surface area is 238 Å². The number of carbonyl (C=O) groups is 2. The molecule has 0 spiro atoms. The van der Waals surface area contributed by atoms with Crippen LogP contribution in [0.15, 0.2) is 59.4 Å². The van der Waals surface area contributed by atoms with Crippen LogP contribution in [-0.2, 0) is 22.4 Å². The molecule has 2 aromatic carbocycles. The van der Waals surface area contributed by atoms with Crippen LogP contribution in [0.2, 0.25) is 0 Å². The number of aliphatic hydroxyl groups is 2. The van der Waals surface area contributed by atoms with Crippen LogP contribution in [0.4, 0.5) is 0 Å². The zero-order valence-corrected chi connectivity index (χ0v) is 25.2. The van der Waals surface area contributed by atoms with E-state index in [-0.39, 0.29) is 23.0 Å². The summed E-state index contributed by atoms with van der Waals surface area (Å²) in [6.07, 6.45) is 2.50.